The van der Waals surface area contributed by atoms with Gasteiger partial charge in [0.1, 0.15) is 5.69 Å². The van der Waals surface area contributed by atoms with E-state index in [1.165, 1.54) is 6.07 Å². The molecule has 0 aliphatic rings. The smallest absolute Gasteiger partial charge is 0.258 e. The average Bonchev–Trinajstić information content (AvgIpc) is 2.16. The molecule has 1 atom stereocenters. The second kappa shape index (κ2) is 4.91. The lowest BCUT2D eigenvalue weighted by atomic mass is 9.89. The van der Waals surface area contributed by atoms with Crippen molar-refractivity contribution in [3.63, 3.8) is 0 Å². The number of hydrogen-bond donors (Lipinski definition) is 0. The molecule has 0 aliphatic heterocycles. The van der Waals surface area contributed by atoms with Crippen LogP contribution in [0.3, 0.4) is 0 Å². The number of nitro groups is 1. The molecular formula is C11H15BrN2O2. The number of nitrogens with zero attached hydrogens (tertiary/aromatic N) is 2. The minimum atomic E-state index is -0.384. The van der Waals surface area contributed by atoms with Gasteiger partial charge >= 0.3 is 0 Å². The summed E-state index contributed by atoms with van der Waals surface area (Å²) in [6.07, 6.45) is 2.14. The van der Waals surface area contributed by atoms with Crippen molar-refractivity contribution in [3.8, 4) is 0 Å². The largest absolute Gasteiger partial charge is 0.290 e. The SMILES string of the molecule is CC(C)(C)C(Br)Cc1ncccc1[N+](=O)[O-]. The van der Waals surface area contributed by atoms with Crippen LogP contribution >= 0.6 is 15.9 Å². The van der Waals surface area contributed by atoms with Crippen molar-refractivity contribution in [2.75, 3.05) is 0 Å². The third-order valence-electron chi connectivity index (χ3n) is 2.38. The Morgan fingerprint density at radius 2 is 2.19 bits per heavy atom. The number of halogens is 1. The maximum Gasteiger partial charge on any atom is 0.290 e. The molecule has 0 bridgehead atoms. The van der Waals surface area contributed by atoms with Crippen LogP contribution < -0.4 is 0 Å². The normalized spacial score (nSPS) is 13.5. The summed E-state index contributed by atoms with van der Waals surface area (Å²) in [5, 5.41) is 10.8. The van der Waals surface area contributed by atoms with Gasteiger partial charge in [-0.3, -0.25) is 15.1 Å². The highest BCUT2D eigenvalue weighted by Crippen LogP contribution is 2.30. The van der Waals surface area contributed by atoms with Crippen molar-refractivity contribution in [2.24, 2.45) is 5.41 Å². The Morgan fingerprint density at radius 1 is 1.56 bits per heavy atom. The van der Waals surface area contributed by atoms with Crippen LogP contribution in [0.2, 0.25) is 0 Å². The van der Waals surface area contributed by atoms with Crippen molar-refractivity contribution in [2.45, 2.75) is 32.0 Å². The molecule has 1 rings (SSSR count). The Labute approximate surface area is 103 Å². The van der Waals surface area contributed by atoms with Gasteiger partial charge in [0.2, 0.25) is 0 Å². The lowest BCUT2D eigenvalue weighted by Crippen LogP contribution is -2.23. The van der Waals surface area contributed by atoms with Crippen molar-refractivity contribution in [3.05, 3.63) is 34.1 Å². The van der Waals surface area contributed by atoms with Crippen LogP contribution in [0.4, 0.5) is 5.69 Å². The van der Waals surface area contributed by atoms with E-state index in [1.807, 2.05) is 0 Å². The first-order valence-corrected chi connectivity index (χ1v) is 5.96. The summed E-state index contributed by atoms with van der Waals surface area (Å²) in [5.41, 5.74) is 0.672. The van der Waals surface area contributed by atoms with E-state index in [0.29, 0.717) is 12.1 Å². The summed E-state index contributed by atoms with van der Waals surface area (Å²) in [7, 11) is 0. The maximum absolute atomic E-state index is 10.8. The van der Waals surface area contributed by atoms with E-state index >= 15 is 0 Å². The van der Waals surface area contributed by atoms with Crippen LogP contribution in [-0.2, 0) is 6.42 Å². The van der Waals surface area contributed by atoms with Gasteiger partial charge in [0.05, 0.1) is 4.92 Å². The fourth-order valence-electron chi connectivity index (χ4n) is 1.23. The molecule has 1 aromatic heterocycles. The highest BCUT2D eigenvalue weighted by atomic mass is 79.9. The molecule has 0 fully saturated rings. The van der Waals surface area contributed by atoms with E-state index in [-0.39, 0.29) is 20.9 Å². The molecule has 0 saturated carbocycles. The molecule has 5 heteroatoms. The van der Waals surface area contributed by atoms with Crippen LogP contribution in [0.5, 0.6) is 0 Å². The van der Waals surface area contributed by atoms with E-state index in [1.54, 1.807) is 12.3 Å². The van der Waals surface area contributed by atoms with E-state index in [4.69, 9.17) is 0 Å². The van der Waals surface area contributed by atoms with Crippen LogP contribution in [0.15, 0.2) is 18.3 Å². The molecule has 1 aromatic rings. The fraction of sp³-hybridized carbons (Fsp3) is 0.545. The monoisotopic (exact) mass is 286 g/mol. The van der Waals surface area contributed by atoms with E-state index in [9.17, 15) is 10.1 Å². The average molecular weight is 287 g/mol. The number of rotatable bonds is 3. The van der Waals surface area contributed by atoms with E-state index in [2.05, 4.69) is 41.7 Å². The second-order valence-corrected chi connectivity index (χ2v) is 5.87. The molecule has 88 valence electrons. The summed E-state index contributed by atoms with van der Waals surface area (Å²) < 4.78 is 0. The van der Waals surface area contributed by atoms with Crippen LogP contribution in [-0.4, -0.2) is 14.7 Å². The summed E-state index contributed by atoms with van der Waals surface area (Å²) >= 11 is 3.56. The Kier molecular flexibility index (Phi) is 4.02. The molecular weight excluding hydrogens is 272 g/mol. The van der Waals surface area contributed by atoms with Gasteiger partial charge in [0.15, 0.2) is 0 Å². The van der Waals surface area contributed by atoms with Gasteiger partial charge < -0.3 is 0 Å². The van der Waals surface area contributed by atoms with E-state index in [0.717, 1.165) is 0 Å². The Morgan fingerprint density at radius 3 is 2.69 bits per heavy atom. The van der Waals surface area contributed by atoms with Gasteiger partial charge in [-0.05, 0) is 11.5 Å². The van der Waals surface area contributed by atoms with Crippen LogP contribution in [0, 0.1) is 15.5 Å². The van der Waals surface area contributed by atoms with Crippen molar-refractivity contribution >= 4 is 21.6 Å². The van der Waals surface area contributed by atoms with Gasteiger partial charge in [-0.25, -0.2) is 0 Å². The first kappa shape index (κ1) is 13.1. The van der Waals surface area contributed by atoms with Crippen molar-refractivity contribution in [1.82, 2.24) is 4.98 Å². The number of alkyl halides is 1. The molecule has 0 amide bonds. The Bertz CT molecular complexity index is 388. The van der Waals surface area contributed by atoms with Crippen LogP contribution in [0.1, 0.15) is 26.5 Å². The third kappa shape index (κ3) is 3.27. The lowest BCUT2D eigenvalue weighted by molar-refractivity contribution is -0.385. The van der Waals surface area contributed by atoms with E-state index < -0.39 is 0 Å². The van der Waals surface area contributed by atoms with Gasteiger partial charge in [0, 0.05) is 23.5 Å². The zero-order chi connectivity index (χ0) is 12.3. The predicted molar refractivity (Wildman–Crippen MR) is 66.8 cm³/mol. The van der Waals surface area contributed by atoms with Crippen molar-refractivity contribution in [1.29, 1.82) is 0 Å². The summed E-state index contributed by atoms with van der Waals surface area (Å²) in [4.78, 5) is 14.7. The molecule has 0 aliphatic carbocycles. The molecule has 1 heterocycles. The molecule has 0 radical (unpaired) electrons. The highest BCUT2D eigenvalue weighted by Gasteiger charge is 2.25. The standard InChI is InChI=1S/C11H15BrN2O2/c1-11(2,3)10(12)7-8-9(14(15)16)5-4-6-13-8/h4-6,10H,7H2,1-3H3. The quantitative estimate of drug-likeness (QED) is 0.486. The van der Waals surface area contributed by atoms with Gasteiger partial charge in [-0.2, -0.15) is 0 Å². The number of pyridine rings is 1. The molecule has 0 spiro atoms. The fourth-order valence-corrected chi connectivity index (χ4v) is 1.54. The molecule has 0 N–H and O–H groups in total. The highest BCUT2D eigenvalue weighted by molar-refractivity contribution is 9.09. The maximum atomic E-state index is 10.8. The molecule has 0 aromatic carbocycles. The minimum absolute atomic E-state index is 0.0470. The first-order chi connectivity index (χ1) is 7.32. The summed E-state index contributed by atoms with van der Waals surface area (Å²) in [5.74, 6) is 0. The molecule has 16 heavy (non-hydrogen) atoms. The van der Waals surface area contributed by atoms with Gasteiger partial charge in [-0.1, -0.05) is 36.7 Å². The second-order valence-electron chi connectivity index (χ2n) is 4.76. The minimum Gasteiger partial charge on any atom is -0.258 e. The summed E-state index contributed by atoms with van der Waals surface area (Å²) in [6, 6.07) is 3.08. The summed E-state index contributed by atoms with van der Waals surface area (Å²) in [6.45, 7) is 6.25. The third-order valence-corrected chi connectivity index (χ3v) is 4.07. The topological polar surface area (TPSA) is 56.0 Å². The Balaban J connectivity index is 2.93. The van der Waals surface area contributed by atoms with Crippen molar-refractivity contribution < 1.29 is 4.92 Å². The van der Waals surface area contributed by atoms with Gasteiger partial charge in [-0.15, -0.1) is 0 Å². The number of hydrogen-bond acceptors (Lipinski definition) is 3. The Hall–Kier alpha value is -0.970. The zero-order valence-corrected chi connectivity index (χ0v) is 11.2. The molecule has 4 nitrogen and oxygen atoms in total. The van der Waals surface area contributed by atoms with Crippen LogP contribution in [0.25, 0.3) is 0 Å². The number of aromatic nitrogens is 1. The van der Waals surface area contributed by atoms with Gasteiger partial charge in [0.25, 0.3) is 5.69 Å². The first-order valence-electron chi connectivity index (χ1n) is 5.04. The molecule has 1 unspecified atom stereocenters. The zero-order valence-electron chi connectivity index (χ0n) is 9.61. The predicted octanol–water partition coefficient (Wildman–Crippen LogP) is 3.34. The lowest BCUT2D eigenvalue weighted by Gasteiger charge is -2.24. The molecule has 0 saturated heterocycles.